The first-order valence-electron chi connectivity index (χ1n) is 1.10. The number of hydrogen-bond donors (Lipinski definition) is 2. The van der Waals surface area contributed by atoms with E-state index >= 15 is 0 Å². The monoisotopic (exact) mass is 115 g/mol. The number of carboxylic acid groups (broad SMARTS) is 1. The fourth-order valence-corrected chi connectivity index (χ4v) is 0. The molecule has 0 aliphatic rings. The van der Waals surface area contributed by atoms with Crippen LogP contribution >= 0.6 is 12.6 Å². The van der Waals surface area contributed by atoms with Gasteiger partial charge in [-0.25, -0.2) is 0 Å². The summed E-state index contributed by atoms with van der Waals surface area (Å²) < 4.78 is 0. The molecule has 6 heavy (non-hydrogen) atoms. The van der Waals surface area contributed by atoms with Crippen molar-refractivity contribution in [1.29, 1.82) is 0 Å². The van der Waals surface area contributed by atoms with Gasteiger partial charge in [0.25, 0.3) is 0 Å². The van der Waals surface area contributed by atoms with Crippen LogP contribution in [0.15, 0.2) is 0 Å². The molecule has 1 radical (unpaired) electrons. The molecular weight excluding hydrogens is 111 g/mol. The maximum absolute atomic E-state index is 9.29. The van der Waals surface area contributed by atoms with E-state index in [1.807, 2.05) is 0 Å². The van der Waals surface area contributed by atoms with Gasteiger partial charge in [0.15, 0.2) is 0 Å². The third kappa shape index (κ3) is 8.84. The molecule has 4 heteroatoms. The molecule has 0 atom stereocenters. The summed E-state index contributed by atoms with van der Waals surface area (Å²) >= 11 is 3.42. The predicted molar refractivity (Wildman–Crippen MR) is 27.2 cm³/mol. The summed E-state index contributed by atoms with van der Waals surface area (Å²) in [7, 11) is 0. The SMILES string of the molecule is O=C(O)CS.[Na]. The van der Waals surface area contributed by atoms with Crippen LogP contribution in [0.25, 0.3) is 0 Å². The van der Waals surface area contributed by atoms with Gasteiger partial charge in [0, 0.05) is 29.6 Å². The summed E-state index contributed by atoms with van der Waals surface area (Å²) in [5.41, 5.74) is 0. The van der Waals surface area contributed by atoms with Crippen molar-refractivity contribution in [2.24, 2.45) is 0 Å². The van der Waals surface area contributed by atoms with Crippen LogP contribution in [0.5, 0.6) is 0 Å². The largest absolute Gasteiger partial charge is 0.481 e. The first kappa shape index (κ1) is 9.94. The van der Waals surface area contributed by atoms with E-state index in [1.54, 1.807) is 0 Å². The molecular formula is C2H4NaO2S. The van der Waals surface area contributed by atoms with E-state index < -0.39 is 5.97 Å². The Balaban J connectivity index is 0. The van der Waals surface area contributed by atoms with Crippen LogP contribution in [-0.4, -0.2) is 46.4 Å². The molecule has 0 rings (SSSR count). The van der Waals surface area contributed by atoms with E-state index in [4.69, 9.17) is 5.11 Å². The quantitative estimate of drug-likeness (QED) is 0.361. The van der Waals surface area contributed by atoms with Crippen molar-refractivity contribution >= 4 is 48.2 Å². The molecule has 1 N–H and O–H groups in total. The third-order valence-corrected chi connectivity index (χ3v) is 0.406. The van der Waals surface area contributed by atoms with Crippen LogP contribution < -0.4 is 0 Å². The van der Waals surface area contributed by atoms with Crippen LogP contribution in [0.3, 0.4) is 0 Å². The molecule has 31 valence electrons. The summed E-state index contributed by atoms with van der Waals surface area (Å²) in [5.74, 6) is -0.965. The number of hydrogen-bond acceptors (Lipinski definition) is 2. The Morgan fingerprint density at radius 3 is 2.00 bits per heavy atom. The van der Waals surface area contributed by atoms with E-state index in [0.717, 1.165) is 0 Å². The minimum atomic E-state index is -0.881. The van der Waals surface area contributed by atoms with Crippen LogP contribution in [0.2, 0.25) is 0 Å². The summed E-state index contributed by atoms with van der Waals surface area (Å²) in [5, 5.41) is 7.65. The normalized spacial score (nSPS) is 6.17. The Bertz CT molecular complexity index is 46.8. The van der Waals surface area contributed by atoms with Gasteiger partial charge in [-0.3, -0.25) is 4.79 Å². The smallest absolute Gasteiger partial charge is 0.313 e. The second-order valence-corrected chi connectivity index (χ2v) is 0.868. The minimum Gasteiger partial charge on any atom is -0.481 e. The molecule has 0 unspecified atom stereocenters. The molecule has 0 saturated carbocycles. The van der Waals surface area contributed by atoms with Gasteiger partial charge in [-0.1, -0.05) is 0 Å². The summed E-state index contributed by atoms with van der Waals surface area (Å²) in [6.07, 6.45) is 0. The summed E-state index contributed by atoms with van der Waals surface area (Å²) in [6.45, 7) is 0. The number of rotatable bonds is 1. The summed E-state index contributed by atoms with van der Waals surface area (Å²) in [4.78, 5) is 9.29. The molecule has 0 aromatic rings. The maximum atomic E-state index is 9.29. The molecule has 0 saturated heterocycles. The van der Waals surface area contributed by atoms with Crippen LogP contribution in [-0.2, 0) is 4.79 Å². The van der Waals surface area contributed by atoms with Crippen LogP contribution in [0.4, 0.5) is 0 Å². The second-order valence-electron chi connectivity index (χ2n) is 0.552. The van der Waals surface area contributed by atoms with Gasteiger partial charge in [-0.15, -0.1) is 0 Å². The Hall–Kier alpha value is 0.820. The molecule has 2 nitrogen and oxygen atoms in total. The van der Waals surface area contributed by atoms with E-state index in [-0.39, 0.29) is 35.3 Å². The number of aliphatic carboxylic acids is 1. The fourth-order valence-electron chi connectivity index (χ4n) is 0. The van der Waals surface area contributed by atoms with Crippen molar-refractivity contribution in [2.75, 3.05) is 5.75 Å². The number of carboxylic acids is 1. The predicted octanol–water partition coefficient (Wildman–Crippen LogP) is -0.380. The van der Waals surface area contributed by atoms with E-state index in [2.05, 4.69) is 12.6 Å². The number of thiol groups is 1. The molecule has 0 spiro atoms. The second kappa shape index (κ2) is 5.82. The molecule has 0 aliphatic carbocycles. The fraction of sp³-hybridized carbons (Fsp3) is 0.500. The van der Waals surface area contributed by atoms with Crippen molar-refractivity contribution in [2.45, 2.75) is 0 Å². The Kier molecular flexibility index (Phi) is 9.65. The standard InChI is InChI=1S/C2H4O2S.Na/c3-2(4)1-5;/h5H,1H2,(H,3,4);. The van der Waals surface area contributed by atoms with Crippen molar-refractivity contribution in [3.05, 3.63) is 0 Å². The topological polar surface area (TPSA) is 37.3 Å². The van der Waals surface area contributed by atoms with Crippen molar-refractivity contribution in [1.82, 2.24) is 0 Å². The van der Waals surface area contributed by atoms with Crippen molar-refractivity contribution in [3.63, 3.8) is 0 Å². The zero-order valence-electron chi connectivity index (χ0n) is 3.51. The van der Waals surface area contributed by atoms with E-state index in [9.17, 15) is 4.79 Å². The van der Waals surface area contributed by atoms with Gasteiger partial charge in [0.2, 0.25) is 0 Å². The van der Waals surface area contributed by atoms with Crippen LogP contribution in [0.1, 0.15) is 0 Å². The minimum absolute atomic E-state index is 0. The first-order valence-corrected chi connectivity index (χ1v) is 1.73. The molecule has 0 aromatic carbocycles. The molecule has 0 fully saturated rings. The molecule has 0 bridgehead atoms. The third-order valence-electron chi connectivity index (χ3n) is 0.135. The first-order chi connectivity index (χ1) is 2.27. The molecule has 0 aromatic heterocycles. The maximum Gasteiger partial charge on any atom is 0.313 e. The molecule has 0 amide bonds. The Morgan fingerprint density at radius 1 is 1.83 bits per heavy atom. The van der Waals surface area contributed by atoms with Crippen molar-refractivity contribution in [3.8, 4) is 0 Å². The van der Waals surface area contributed by atoms with E-state index in [1.165, 1.54) is 0 Å². The molecule has 0 heterocycles. The zero-order valence-corrected chi connectivity index (χ0v) is 6.40. The number of carbonyl (C=O) groups is 1. The summed E-state index contributed by atoms with van der Waals surface area (Å²) in [6, 6.07) is 0. The molecule has 0 aliphatic heterocycles. The van der Waals surface area contributed by atoms with Gasteiger partial charge in [0.1, 0.15) is 0 Å². The average molecular weight is 115 g/mol. The van der Waals surface area contributed by atoms with Gasteiger partial charge >= 0.3 is 5.97 Å². The average Bonchev–Trinajstić information content (AvgIpc) is 1.38. The van der Waals surface area contributed by atoms with Gasteiger partial charge in [0.05, 0.1) is 5.75 Å². The van der Waals surface area contributed by atoms with Gasteiger partial charge < -0.3 is 5.11 Å². The van der Waals surface area contributed by atoms with Crippen LogP contribution in [0, 0.1) is 0 Å². The van der Waals surface area contributed by atoms with Gasteiger partial charge in [-0.05, 0) is 0 Å². The Labute approximate surface area is 63.6 Å². The van der Waals surface area contributed by atoms with Gasteiger partial charge in [-0.2, -0.15) is 12.6 Å². The van der Waals surface area contributed by atoms with Crippen molar-refractivity contribution < 1.29 is 9.90 Å². The zero-order chi connectivity index (χ0) is 4.28. The Morgan fingerprint density at radius 2 is 2.00 bits per heavy atom. The van der Waals surface area contributed by atoms with E-state index in [0.29, 0.717) is 0 Å².